The number of para-hydroxylation sites is 1. The van der Waals surface area contributed by atoms with E-state index in [0.29, 0.717) is 25.3 Å². The van der Waals surface area contributed by atoms with Crippen LogP contribution in [0.4, 0.5) is 5.69 Å². The number of benzene rings is 1. The average molecular weight is 471 g/mol. The van der Waals surface area contributed by atoms with E-state index in [0.717, 1.165) is 17.7 Å². The highest BCUT2D eigenvalue weighted by molar-refractivity contribution is 6.74. The third-order valence-electron chi connectivity index (χ3n) is 7.13. The second-order valence-electron chi connectivity index (χ2n) is 10.5. The number of carbonyl (C=O) groups excluding carboxylic acids is 2. The first kappa shape index (κ1) is 25.2. The Labute approximate surface area is 198 Å². The zero-order chi connectivity index (χ0) is 24.4. The van der Waals surface area contributed by atoms with Crippen molar-refractivity contribution in [1.82, 2.24) is 14.7 Å². The van der Waals surface area contributed by atoms with Gasteiger partial charge in [-0.25, -0.2) is 0 Å². The lowest BCUT2D eigenvalue weighted by Crippen LogP contribution is -2.48. The summed E-state index contributed by atoms with van der Waals surface area (Å²) >= 11 is 0. The summed E-state index contributed by atoms with van der Waals surface area (Å²) in [6.45, 7) is 16.7. The van der Waals surface area contributed by atoms with Crippen molar-refractivity contribution in [2.75, 3.05) is 11.9 Å². The second-order valence-corrected chi connectivity index (χ2v) is 15.3. The highest BCUT2D eigenvalue weighted by Crippen LogP contribution is 2.36. The van der Waals surface area contributed by atoms with Crippen LogP contribution in [0.1, 0.15) is 57.0 Å². The van der Waals surface area contributed by atoms with Crippen LogP contribution in [-0.4, -0.2) is 47.5 Å². The Morgan fingerprint density at radius 3 is 2.67 bits per heavy atom. The maximum atomic E-state index is 13.6. The lowest BCUT2D eigenvalue weighted by atomic mass is 9.96. The van der Waals surface area contributed by atoms with Gasteiger partial charge in [0, 0.05) is 18.4 Å². The Morgan fingerprint density at radius 1 is 1.30 bits per heavy atom. The van der Waals surface area contributed by atoms with Crippen LogP contribution >= 0.6 is 0 Å². The lowest BCUT2D eigenvalue weighted by molar-refractivity contribution is -0.122. The predicted molar refractivity (Wildman–Crippen MR) is 134 cm³/mol. The monoisotopic (exact) mass is 470 g/mol. The van der Waals surface area contributed by atoms with Crippen LogP contribution in [0, 0.1) is 5.92 Å². The van der Waals surface area contributed by atoms with Crippen molar-refractivity contribution in [2.45, 2.75) is 78.3 Å². The fourth-order valence-corrected chi connectivity index (χ4v) is 4.80. The third-order valence-corrected chi connectivity index (χ3v) is 11.7. The van der Waals surface area contributed by atoms with E-state index in [1.807, 2.05) is 38.1 Å². The van der Waals surface area contributed by atoms with Gasteiger partial charge in [0.2, 0.25) is 5.91 Å². The SMILES string of the molecule is CC[C@H](C)[C@H]1C(=O)Nc2ccccc2CN1C(=O)c1cnn(CCO[Si](C)(C)C(C)(C)C)c1. The standard InChI is InChI=1S/C25H38N4O3Si/c1-8-18(2)22-23(30)27-21-12-10-9-11-19(21)17-29(22)24(31)20-15-26-28(16-20)13-14-32-33(6,7)25(3,4)5/h9-12,15-16,18,22H,8,13-14,17H2,1-7H3,(H,27,30)/t18-,22-/m0/s1. The van der Waals surface area contributed by atoms with Gasteiger partial charge in [-0.2, -0.15) is 5.10 Å². The smallest absolute Gasteiger partial charge is 0.258 e. The van der Waals surface area contributed by atoms with E-state index in [2.05, 4.69) is 44.3 Å². The molecule has 1 aromatic carbocycles. The molecule has 1 aliphatic rings. The van der Waals surface area contributed by atoms with Crippen molar-refractivity contribution in [1.29, 1.82) is 0 Å². The molecule has 2 atom stereocenters. The summed E-state index contributed by atoms with van der Waals surface area (Å²) in [6, 6.07) is 7.12. The largest absolute Gasteiger partial charge is 0.415 e. The van der Waals surface area contributed by atoms with Crippen molar-refractivity contribution in [3.63, 3.8) is 0 Å². The molecule has 0 saturated heterocycles. The first-order chi connectivity index (χ1) is 15.4. The van der Waals surface area contributed by atoms with Gasteiger partial charge in [0.25, 0.3) is 5.91 Å². The number of amides is 2. The van der Waals surface area contributed by atoms with Gasteiger partial charge in [-0.3, -0.25) is 14.3 Å². The van der Waals surface area contributed by atoms with Gasteiger partial charge >= 0.3 is 0 Å². The molecule has 1 aromatic heterocycles. The number of hydrogen-bond donors (Lipinski definition) is 1. The summed E-state index contributed by atoms with van der Waals surface area (Å²) in [7, 11) is -1.83. The number of fused-ring (bicyclic) bond motifs is 1. The third kappa shape index (κ3) is 5.55. The molecule has 2 aromatic rings. The van der Waals surface area contributed by atoms with Gasteiger partial charge in [-0.1, -0.05) is 59.2 Å². The molecule has 1 N–H and O–H groups in total. The molecule has 0 radical (unpaired) electrons. The van der Waals surface area contributed by atoms with Crippen molar-refractivity contribution < 1.29 is 14.0 Å². The second kappa shape index (κ2) is 9.81. The van der Waals surface area contributed by atoms with E-state index < -0.39 is 14.4 Å². The minimum absolute atomic E-state index is 0.0243. The van der Waals surface area contributed by atoms with Gasteiger partial charge in [-0.05, 0) is 35.7 Å². The molecule has 33 heavy (non-hydrogen) atoms. The van der Waals surface area contributed by atoms with E-state index in [4.69, 9.17) is 4.43 Å². The fourth-order valence-electron chi connectivity index (χ4n) is 3.77. The van der Waals surface area contributed by atoms with Crippen molar-refractivity contribution in [3.05, 3.63) is 47.8 Å². The maximum Gasteiger partial charge on any atom is 0.258 e. The van der Waals surface area contributed by atoms with E-state index in [1.165, 1.54) is 0 Å². The normalized spacial score (nSPS) is 17.8. The van der Waals surface area contributed by atoms with Crippen molar-refractivity contribution in [3.8, 4) is 0 Å². The summed E-state index contributed by atoms with van der Waals surface area (Å²) in [5.41, 5.74) is 2.19. The van der Waals surface area contributed by atoms with E-state index in [9.17, 15) is 9.59 Å². The zero-order valence-electron chi connectivity index (χ0n) is 21.0. The Hall–Kier alpha value is -2.45. The molecule has 0 fully saturated rings. The molecule has 8 heteroatoms. The van der Waals surface area contributed by atoms with Gasteiger partial charge < -0.3 is 14.6 Å². The van der Waals surface area contributed by atoms with Crippen LogP contribution < -0.4 is 5.32 Å². The Balaban J connectivity index is 1.78. The van der Waals surface area contributed by atoms with Crippen molar-refractivity contribution in [2.24, 2.45) is 5.92 Å². The first-order valence-corrected chi connectivity index (χ1v) is 14.7. The molecular weight excluding hydrogens is 432 g/mol. The number of nitrogens with one attached hydrogen (secondary N) is 1. The van der Waals surface area contributed by atoms with Gasteiger partial charge in [-0.15, -0.1) is 0 Å². The molecule has 0 saturated carbocycles. The fraction of sp³-hybridized carbons (Fsp3) is 0.560. The van der Waals surface area contributed by atoms with Gasteiger partial charge in [0.15, 0.2) is 8.32 Å². The number of nitrogens with zero attached hydrogens (tertiary/aromatic N) is 3. The van der Waals surface area contributed by atoms with Gasteiger partial charge in [0.1, 0.15) is 6.04 Å². The average Bonchev–Trinajstić information content (AvgIpc) is 3.15. The Bertz CT molecular complexity index is 996. The molecule has 7 nitrogen and oxygen atoms in total. The number of aromatic nitrogens is 2. The first-order valence-electron chi connectivity index (χ1n) is 11.8. The van der Waals surface area contributed by atoms with Crippen molar-refractivity contribution >= 4 is 25.8 Å². The molecule has 0 bridgehead atoms. The minimum atomic E-state index is -1.83. The number of anilines is 1. The summed E-state index contributed by atoms with van der Waals surface area (Å²) in [5.74, 6) is -0.294. The highest BCUT2D eigenvalue weighted by atomic mass is 28.4. The van der Waals surface area contributed by atoms with Gasteiger partial charge in [0.05, 0.1) is 24.9 Å². The molecule has 0 unspecified atom stereocenters. The summed E-state index contributed by atoms with van der Waals surface area (Å²) < 4.78 is 8.00. The molecule has 1 aliphatic heterocycles. The molecule has 0 aliphatic carbocycles. The predicted octanol–water partition coefficient (Wildman–Crippen LogP) is 4.91. The Kier molecular flexibility index (Phi) is 7.48. The van der Waals surface area contributed by atoms with Crippen LogP contribution in [0.15, 0.2) is 36.7 Å². The van der Waals surface area contributed by atoms with Crippen LogP contribution in [-0.2, 0) is 22.3 Å². The highest BCUT2D eigenvalue weighted by Gasteiger charge is 2.38. The van der Waals surface area contributed by atoms with Crippen LogP contribution in [0.2, 0.25) is 18.1 Å². The number of hydrogen-bond acceptors (Lipinski definition) is 4. The maximum absolute atomic E-state index is 13.6. The molecule has 2 heterocycles. The number of carbonyl (C=O) groups is 2. The minimum Gasteiger partial charge on any atom is -0.415 e. The topological polar surface area (TPSA) is 76.5 Å². The van der Waals surface area contributed by atoms with E-state index in [-0.39, 0.29) is 22.8 Å². The van der Waals surface area contributed by atoms with Crippen LogP contribution in [0.3, 0.4) is 0 Å². The van der Waals surface area contributed by atoms with Crippen LogP contribution in [0.25, 0.3) is 0 Å². The summed E-state index contributed by atoms with van der Waals surface area (Å²) in [5, 5.41) is 7.56. The lowest BCUT2D eigenvalue weighted by Gasteiger charge is -2.36. The quantitative estimate of drug-likeness (QED) is 0.583. The Morgan fingerprint density at radius 2 is 2.00 bits per heavy atom. The summed E-state index contributed by atoms with van der Waals surface area (Å²) in [6.07, 6.45) is 4.15. The summed E-state index contributed by atoms with van der Waals surface area (Å²) in [4.78, 5) is 28.4. The molecule has 2 amide bonds. The van der Waals surface area contributed by atoms with Crippen LogP contribution in [0.5, 0.6) is 0 Å². The molecule has 3 rings (SSSR count). The zero-order valence-corrected chi connectivity index (χ0v) is 22.0. The molecular formula is C25H38N4O3Si. The van der Waals surface area contributed by atoms with E-state index in [1.54, 1.807) is 22.0 Å². The molecule has 180 valence electrons. The molecule has 0 spiro atoms. The van der Waals surface area contributed by atoms with E-state index >= 15 is 0 Å². The number of rotatable bonds is 7.